The van der Waals surface area contributed by atoms with Gasteiger partial charge in [-0.2, -0.15) is 5.10 Å². The van der Waals surface area contributed by atoms with Crippen LogP contribution in [0.5, 0.6) is 0 Å². The summed E-state index contributed by atoms with van der Waals surface area (Å²) in [5.74, 6) is 1.11. The molecule has 0 radical (unpaired) electrons. The summed E-state index contributed by atoms with van der Waals surface area (Å²) in [7, 11) is 1.76. The molecule has 2 atom stereocenters. The van der Waals surface area contributed by atoms with Gasteiger partial charge < -0.3 is 16.0 Å². The van der Waals surface area contributed by atoms with E-state index in [0.29, 0.717) is 17.3 Å². The van der Waals surface area contributed by atoms with Crippen molar-refractivity contribution < 1.29 is 14.4 Å². The molecular formula is C37H51N5O3. The Bertz CT molecular complexity index is 1410. The van der Waals surface area contributed by atoms with Gasteiger partial charge in [0.05, 0.1) is 5.41 Å². The normalized spacial score (nSPS) is 27.6. The van der Waals surface area contributed by atoms with E-state index in [9.17, 15) is 14.4 Å². The van der Waals surface area contributed by atoms with Crippen LogP contribution in [0.2, 0.25) is 0 Å². The second-order valence-electron chi connectivity index (χ2n) is 15.7. The van der Waals surface area contributed by atoms with Gasteiger partial charge in [0, 0.05) is 25.5 Å². The molecule has 1 heterocycles. The molecule has 1 aromatic carbocycles. The van der Waals surface area contributed by atoms with Crippen molar-refractivity contribution in [2.45, 2.75) is 115 Å². The van der Waals surface area contributed by atoms with Crippen molar-refractivity contribution in [3.05, 3.63) is 47.8 Å². The van der Waals surface area contributed by atoms with Crippen LogP contribution >= 0.6 is 0 Å². The molecule has 0 aliphatic heterocycles. The first kappa shape index (κ1) is 30.5. The summed E-state index contributed by atoms with van der Waals surface area (Å²) >= 11 is 0. The number of hydrogen-bond acceptors (Lipinski definition) is 4. The van der Waals surface area contributed by atoms with E-state index in [1.807, 2.05) is 18.2 Å². The highest BCUT2D eigenvalue weighted by atomic mass is 16.2. The number of hydrogen-bond donors (Lipinski definition) is 3. The maximum Gasteiger partial charge on any atom is 0.270 e. The summed E-state index contributed by atoms with van der Waals surface area (Å²) in [5.41, 5.74) is 1.88. The number of nitrogens with one attached hydrogen (secondary N) is 3. The predicted molar refractivity (Wildman–Crippen MR) is 174 cm³/mol. The van der Waals surface area contributed by atoms with E-state index >= 15 is 0 Å². The van der Waals surface area contributed by atoms with Crippen LogP contribution in [0.4, 0.5) is 5.69 Å². The second-order valence-corrected chi connectivity index (χ2v) is 15.7. The van der Waals surface area contributed by atoms with Crippen LogP contribution in [0.25, 0.3) is 0 Å². The number of carbonyl (C=O) groups is 3. The third-order valence-electron chi connectivity index (χ3n) is 12.8. The zero-order valence-corrected chi connectivity index (χ0v) is 27.2. The van der Waals surface area contributed by atoms with Gasteiger partial charge >= 0.3 is 0 Å². The van der Waals surface area contributed by atoms with E-state index in [-0.39, 0.29) is 34.5 Å². The van der Waals surface area contributed by atoms with Crippen molar-refractivity contribution in [1.82, 2.24) is 20.4 Å². The van der Waals surface area contributed by atoms with Crippen LogP contribution in [-0.4, -0.2) is 40.1 Å². The van der Waals surface area contributed by atoms with E-state index in [1.54, 1.807) is 24.0 Å². The smallest absolute Gasteiger partial charge is 0.270 e. The number of benzene rings is 1. The average molecular weight is 614 g/mol. The molecular weight excluding hydrogens is 562 g/mol. The van der Waals surface area contributed by atoms with Gasteiger partial charge in [0.25, 0.3) is 5.91 Å². The third-order valence-corrected chi connectivity index (χ3v) is 12.8. The number of nitrogens with zero attached hydrogens (tertiary/aromatic N) is 2. The largest absolute Gasteiger partial charge is 0.355 e. The number of carbonyl (C=O) groups excluding carboxylic acids is 3. The third kappa shape index (κ3) is 5.83. The minimum Gasteiger partial charge on any atom is -0.355 e. The monoisotopic (exact) mass is 613 g/mol. The number of fused-ring (bicyclic) bond motifs is 3. The van der Waals surface area contributed by atoms with Gasteiger partial charge in [-0.15, -0.1) is 0 Å². The van der Waals surface area contributed by atoms with Gasteiger partial charge in [-0.3, -0.25) is 19.1 Å². The lowest BCUT2D eigenvalue weighted by Crippen LogP contribution is -2.56. The highest BCUT2D eigenvalue weighted by molar-refractivity contribution is 6.01. The molecule has 8 rings (SSSR count). The molecule has 6 saturated carbocycles. The highest BCUT2D eigenvalue weighted by Gasteiger charge is 2.55. The quantitative estimate of drug-likeness (QED) is 0.278. The molecule has 8 nitrogen and oxygen atoms in total. The Hall–Kier alpha value is -3.16. The van der Waals surface area contributed by atoms with Gasteiger partial charge in [0.1, 0.15) is 11.7 Å². The number of aromatic nitrogens is 2. The molecule has 2 bridgehead atoms. The van der Waals surface area contributed by atoms with Gasteiger partial charge in [0.2, 0.25) is 11.8 Å². The van der Waals surface area contributed by atoms with Crippen molar-refractivity contribution in [2.24, 2.45) is 35.6 Å². The number of aryl methyl sites for hydroxylation is 1. The van der Waals surface area contributed by atoms with E-state index in [0.717, 1.165) is 75.8 Å². The summed E-state index contributed by atoms with van der Waals surface area (Å²) in [5, 5.41) is 14.0. The number of rotatable bonds is 11. The van der Waals surface area contributed by atoms with Crippen LogP contribution in [0.1, 0.15) is 119 Å². The van der Waals surface area contributed by atoms with Gasteiger partial charge in [-0.1, -0.05) is 38.3 Å². The molecule has 1 unspecified atom stereocenters. The van der Waals surface area contributed by atoms with Gasteiger partial charge in [0.15, 0.2) is 0 Å². The topological polar surface area (TPSA) is 105 Å². The van der Waals surface area contributed by atoms with Crippen molar-refractivity contribution >= 4 is 23.4 Å². The van der Waals surface area contributed by atoms with E-state index in [1.165, 1.54) is 38.5 Å². The predicted octanol–water partition coefficient (Wildman–Crippen LogP) is 6.27. The minimum atomic E-state index is -0.634. The van der Waals surface area contributed by atoms with E-state index in [2.05, 4.69) is 34.0 Å². The zero-order valence-electron chi connectivity index (χ0n) is 27.2. The van der Waals surface area contributed by atoms with Crippen LogP contribution in [0, 0.1) is 28.6 Å². The molecule has 3 amide bonds. The van der Waals surface area contributed by atoms with Crippen molar-refractivity contribution in [2.75, 3.05) is 11.9 Å². The Balaban J connectivity index is 1.15. The maximum absolute atomic E-state index is 14.5. The first-order chi connectivity index (χ1) is 21.7. The summed E-state index contributed by atoms with van der Waals surface area (Å²) in [6.07, 6.45) is 18.3. The molecule has 2 aromatic rings. The fourth-order valence-electron chi connectivity index (χ4n) is 9.65. The molecule has 8 heteroatoms. The summed E-state index contributed by atoms with van der Waals surface area (Å²) < 4.78 is 1.57. The minimum absolute atomic E-state index is 0.0998. The molecule has 0 spiro atoms. The fourth-order valence-corrected chi connectivity index (χ4v) is 9.65. The van der Waals surface area contributed by atoms with Crippen molar-refractivity contribution in [3.63, 3.8) is 0 Å². The maximum atomic E-state index is 14.5. The lowest BCUT2D eigenvalue weighted by Gasteiger charge is -2.53. The second kappa shape index (κ2) is 11.9. The molecule has 242 valence electrons. The highest BCUT2D eigenvalue weighted by Crippen LogP contribution is 2.60. The first-order valence-electron chi connectivity index (χ1n) is 17.7. The Morgan fingerprint density at radius 1 is 0.933 bits per heavy atom. The van der Waals surface area contributed by atoms with Crippen molar-refractivity contribution in [1.29, 1.82) is 0 Å². The van der Waals surface area contributed by atoms with Crippen molar-refractivity contribution in [3.8, 4) is 0 Å². The van der Waals surface area contributed by atoms with Crippen LogP contribution in [0.15, 0.2) is 36.5 Å². The molecule has 1 aromatic heterocycles. The SMILES string of the molecule is Cn1nccc1C(=O)N[C@H](C(=O)Nc1cccc(C2(C(=O)NCC3(C)CCC3)CCCC2)c1)C(C1CC1)C12CCC(CC1)CC2. The summed E-state index contributed by atoms with van der Waals surface area (Å²) in [6, 6.07) is 9.04. The van der Waals surface area contributed by atoms with Gasteiger partial charge in [-0.05, 0) is 129 Å². The van der Waals surface area contributed by atoms with Crippen LogP contribution in [-0.2, 0) is 22.1 Å². The lowest BCUT2D eigenvalue weighted by atomic mass is 9.53. The summed E-state index contributed by atoms with van der Waals surface area (Å²) in [6.45, 7) is 3.00. The molecule has 3 N–H and O–H groups in total. The van der Waals surface area contributed by atoms with Crippen LogP contribution in [0.3, 0.4) is 0 Å². The first-order valence-corrected chi connectivity index (χ1v) is 17.7. The number of anilines is 1. The number of amides is 3. The molecule has 6 fully saturated rings. The molecule has 6 aliphatic carbocycles. The zero-order chi connectivity index (χ0) is 31.2. The Kier molecular flexibility index (Phi) is 8.06. The Morgan fingerprint density at radius 3 is 2.24 bits per heavy atom. The standard InChI is InChI=1S/C37H51N5O3/c1-35(15-6-16-35)24-38-34(45)37(17-3-4-18-37)27-7-5-8-28(23-27)40-33(44)31(41-32(43)29-14-22-39-42(29)2)30(26-9-10-26)36-19-11-25(12-20-36)13-21-36/h5,7-8,14,22-23,25-26,30-31H,3-4,6,9-13,15-21,24H2,1-2H3,(H,38,45)(H,40,44)(H,41,43)/t25?,30?,31-,36?/m0/s1. The Labute approximate surface area is 267 Å². The summed E-state index contributed by atoms with van der Waals surface area (Å²) in [4.78, 5) is 41.9. The molecule has 0 saturated heterocycles. The van der Waals surface area contributed by atoms with Gasteiger partial charge in [-0.25, -0.2) is 0 Å². The average Bonchev–Trinajstić information content (AvgIpc) is 3.55. The Morgan fingerprint density at radius 2 is 1.64 bits per heavy atom. The van der Waals surface area contributed by atoms with E-state index < -0.39 is 11.5 Å². The van der Waals surface area contributed by atoms with E-state index in [4.69, 9.17) is 0 Å². The fraction of sp³-hybridized carbons (Fsp3) is 0.676. The molecule has 6 aliphatic rings. The van der Waals surface area contributed by atoms with Crippen LogP contribution < -0.4 is 16.0 Å². The lowest BCUT2D eigenvalue weighted by molar-refractivity contribution is -0.127. The molecule has 45 heavy (non-hydrogen) atoms.